The number of halogens is 1. The molecule has 0 radical (unpaired) electrons. The average Bonchev–Trinajstić information content (AvgIpc) is 2.26. The minimum Gasteiger partial charge on any atom is -0.478 e. The van der Waals surface area contributed by atoms with Crippen LogP contribution in [0.3, 0.4) is 0 Å². The molecule has 0 fully saturated rings. The van der Waals surface area contributed by atoms with Gasteiger partial charge in [0, 0.05) is 10.7 Å². The molecular weight excluding hydrogens is 346 g/mol. The third kappa shape index (κ3) is 6.38. The van der Waals surface area contributed by atoms with Crippen LogP contribution in [0, 0.1) is 0 Å². The van der Waals surface area contributed by atoms with Gasteiger partial charge in [-0.05, 0) is 39.0 Å². The van der Waals surface area contributed by atoms with Gasteiger partial charge in [0.05, 0.1) is 16.5 Å². The summed E-state index contributed by atoms with van der Waals surface area (Å²) in [4.78, 5) is 11.7. The highest BCUT2D eigenvalue weighted by Gasteiger charge is 2.17. The molecule has 20 heavy (non-hydrogen) atoms. The zero-order valence-corrected chi connectivity index (χ0v) is 14.3. The highest BCUT2D eigenvalue weighted by Crippen LogP contribution is 2.29. The monoisotopic (exact) mass is 363 g/mol. The van der Waals surface area contributed by atoms with Crippen LogP contribution in [0.4, 0.5) is 10.5 Å². The number of nitrogens with one attached hydrogen (secondary N) is 1. The molecule has 0 aliphatic heterocycles. The van der Waals surface area contributed by atoms with Gasteiger partial charge in [-0.25, -0.2) is 4.79 Å². The molecule has 0 aromatic heterocycles. The molecule has 0 aliphatic rings. The van der Waals surface area contributed by atoms with E-state index < -0.39 is 22.5 Å². The summed E-state index contributed by atoms with van der Waals surface area (Å²) < 4.78 is 22.5. The van der Waals surface area contributed by atoms with E-state index in [1.165, 1.54) is 0 Å². The fourth-order valence-electron chi connectivity index (χ4n) is 1.28. The SMILES string of the molecule is CS(=O)COc1cc(Br)ccc1NC(=O)OC(C)(C)C. The molecule has 0 saturated carbocycles. The van der Waals surface area contributed by atoms with E-state index in [1.807, 2.05) is 0 Å². The van der Waals surface area contributed by atoms with Gasteiger partial charge >= 0.3 is 6.09 Å². The van der Waals surface area contributed by atoms with Crippen molar-refractivity contribution in [2.24, 2.45) is 0 Å². The van der Waals surface area contributed by atoms with Gasteiger partial charge in [-0.3, -0.25) is 9.53 Å². The lowest BCUT2D eigenvalue weighted by Gasteiger charge is -2.20. The molecule has 1 N–H and O–H groups in total. The van der Waals surface area contributed by atoms with Gasteiger partial charge in [-0.1, -0.05) is 15.9 Å². The summed E-state index contributed by atoms with van der Waals surface area (Å²) in [6, 6.07) is 5.14. The van der Waals surface area contributed by atoms with Crippen LogP contribution in [0.2, 0.25) is 0 Å². The van der Waals surface area contributed by atoms with Gasteiger partial charge in [0.2, 0.25) is 0 Å². The van der Waals surface area contributed by atoms with Crippen molar-refractivity contribution in [2.45, 2.75) is 26.4 Å². The maximum atomic E-state index is 11.7. The van der Waals surface area contributed by atoms with Gasteiger partial charge in [0.25, 0.3) is 0 Å². The summed E-state index contributed by atoms with van der Waals surface area (Å²) >= 11 is 3.32. The standard InChI is InChI=1S/C13H18BrNO4S/c1-13(2,3)19-12(16)15-10-6-5-9(14)7-11(10)18-8-20(4)17/h5-7H,8H2,1-4H3,(H,15,16). The predicted molar refractivity (Wildman–Crippen MR) is 83.6 cm³/mol. The van der Waals surface area contributed by atoms with E-state index in [4.69, 9.17) is 9.47 Å². The highest BCUT2D eigenvalue weighted by molar-refractivity contribution is 9.10. The summed E-state index contributed by atoms with van der Waals surface area (Å²) in [5.41, 5.74) is -0.112. The molecule has 1 atom stereocenters. The molecule has 1 aromatic carbocycles. The fourth-order valence-corrected chi connectivity index (χ4v) is 1.91. The second-order valence-corrected chi connectivity index (χ2v) is 7.40. The van der Waals surface area contributed by atoms with Crippen molar-refractivity contribution in [1.82, 2.24) is 0 Å². The Morgan fingerprint density at radius 2 is 2.05 bits per heavy atom. The zero-order chi connectivity index (χ0) is 15.3. The Kier molecular flexibility index (Phi) is 6.01. The van der Waals surface area contributed by atoms with Crippen molar-refractivity contribution in [3.63, 3.8) is 0 Å². The predicted octanol–water partition coefficient (Wildman–Crippen LogP) is 3.51. The first-order valence-corrected chi connectivity index (χ1v) is 8.42. The van der Waals surface area contributed by atoms with Gasteiger partial charge < -0.3 is 9.47 Å². The number of hydrogen-bond donors (Lipinski definition) is 1. The van der Waals surface area contributed by atoms with E-state index in [0.29, 0.717) is 11.4 Å². The van der Waals surface area contributed by atoms with Crippen LogP contribution in [0.25, 0.3) is 0 Å². The maximum Gasteiger partial charge on any atom is 0.412 e. The molecule has 112 valence electrons. The topological polar surface area (TPSA) is 64.6 Å². The first kappa shape index (κ1) is 17.0. The normalized spacial score (nSPS) is 12.7. The van der Waals surface area contributed by atoms with E-state index in [-0.39, 0.29) is 5.94 Å². The van der Waals surface area contributed by atoms with E-state index in [1.54, 1.807) is 45.2 Å². The van der Waals surface area contributed by atoms with Crippen molar-refractivity contribution in [1.29, 1.82) is 0 Å². The molecule has 1 aromatic rings. The molecule has 1 rings (SSSR count). The molecule has 1 amide bonds. The number of carbonyl (C=O) groups excluding carboxylic acids is 1. The molecule has 0 heterocycles. The Hall–Kier alpha value is -1.08. The van der Waals surface area contributed by atoms with Crippen molar-refractivity contribution < 1.29 is 18.5 Å². The first-order chi connectivity index (χ1) is 9.17. The van der Waals surface area contributed by atoms with Crippen molar-refractivity contribution in [3.05, 3.63) is 22.7 Å². The van der Waals surface area contributed by atoms with Gasteiger partial charge in [0.15, 0.2) is 5.94 Å². The summed E-state index contributed by atoms with van der Waals surface area (Å²) in [6.45, 7) is 5.35. The Morgan fingerprint density at radius 3 is 2.60 bits per heavy atom. The Balaban J connectivity index is 2.83. The van der Waals surface area contributed by atoms with E-state index in [2.05, 4.69) is 21.2 Å². The molecule has 7 heteroatoms. The van der Waals surface area contributed by atoms with Crippen molar-refractivity contribution in [3.8, 4) is 5.75 Å². The summed E-state index contributed by atoms with van der Waals surface area (Å²) in [6.07, 6.45) is 0.973. The van der Waals surface area contributed by atoms with Crippen LogP contribution in [0.5, 0.6) is 5.75 Å². The molecule has 0 aliphatic carbocycles. The van der Waals surface area contributed by atoms with Crippen LogP contribution in [-0.4, -0.2) is 28.1 Å². The minimum atomic E-state index is -1.09. The fraction of sp³-hybridized carbons (Fsp3) is 0.462. The number of ether oxygens (including phenoxy) is 2. The Morgan fingerprint density at radius 1 is 1.40 bits per heavy atom. The first-order valence-electron chi connectivity index (χ1n) is 5.90. The van der Waals surface area contributed by atoms with Crippen LogP contribution in [0.1, 0.15) is 20.8 Å². The van der Waals surface area contributed by atoms with Gasteiger partial charge in [-0.15, -0.1) is 0 Å². The number of carbonyl (C=O) groups is 1. The van der Waals surface area contributed by atoms with Gasteiger partial charge in [-0.2, -0.15) is 0 Å². The lowest BCUT2D eigenvalue weighted by atomic mass is 10.2. The lowest BCUT2D eigenvalue weighted by Crippen LogP contribution is -2.27. The van der Waals surface area contributed by atoms with Crippen LogP contribution in [-0.2, 0) is 15.5 Å². The number of benzene rings is 1. The second-order valence-electron chi connectivity index (χ2n) is 5.10. The second kappa shape index (κ2) is 7.08. The number of hydrogen-bond acceptors (Lipinski definition) is 4. The molecule has 0 bridgehead atoms. The molecule has 1 unspecified atom stereocenters. The largest absolute Gasteiger partial charge is 0.478 e. The molecule has 0 spiro atoms. The lowest BCUT2D eigenvalue weighted by molar-refractivity contribution is 0.0635. The summed E-state index contributed by atoms with van der Waals surface area (Å²) in [5, 5.41) is 2.61. The van der Waals surface area contributed by atoms with Crippen molar-refractivity contribution in [2.75, 3.05) is 17.5 Å². The van der Waals surface area contributed by atoms with E-state index in [0.717, 1.165) is 4.47 Å². The van der Waals surface area contributed by atoms with E-state index >= 15 is 0 Å². The van der Waals surface area contributed by atoms with Crippen LogP contribution in [0.15, 0.2) is 22.7 Å². The molecule has 5 nitrogen and oxygen atoms in total. The minimum absolute atomic E-state index is 0.0550. The van der Waals surface area contributed by atoms with Crippen LogP contribution < -0.4 is 10.1 Å². The quantitative estimate of drug-likeness (QED) is 0.888. The smallest absolute Gasteiger partial charge is 0.412 e. The third-order valence-electron chi connectivity index (χ3n) is 1.96. The Labute approximate surface area is 129 Å². The molecule has 0 saturated heterocycles. The zero-order valence-electron chi connectivity index (χ0n) is 11.9. The third-order valence-corrected chi connectivity index (χ3v) is 2.90. The summed E-state index contributed by atoms with van der Waals surface area (Å²) in [5.74, 6) is 0.486. The number of amides is 1. The summed E-state index contributed by atoms with van der Waals surface area (Å²) in [7, 11) is -1.09. The average molecular weight is 364 g/mol. The van der Waals surface area contributed by atoms with Crippen LogP contribution >= 0.6 is 15.9 Å². The van der Waals surface area contributed by atoms with Gasteiger partial charge in [0.1, 0.15) is 11.4 Å². The maximum absolute atomic E-state index is 11.7. The number of anilines is 1. The number of rotatable bonds is 4. The van der Waals surface area contributed by atoms with E-state index in [9.17, 15) is 9.00 Å². The Bertz CT molecular complexity index is 514. The highest BCUT2D eigenvalue weighted by atomic mass is 79.9. The molecular formula is C13H18BrNO4S. The van der Waals surface area contributed by atoms with Crippen molar-refractivity contribution >= 4 is 38.5 Å².